The highest BCUT2D eigenvalue weighted by Crippen LogP contribution is 2.13. The van der Waals surface area contributed by atoms with Gasteiger partial charge in [-0.3, -0.25) is 4.40 Å². The first-order valence-corrected chi connectivity index (χ1v) is 3.68. The number of hydrogen-bond donors (Lipinski definition) is 1. The maximum absolute atomic E-state index is 9.34. The summed E-state index contributed by atoms with van der Waals surface area (Å²) >= 11 is 0. The van der Waals surface area contributed by atoms with Gasteiger partial charge in [-0.2, -0.15) is 0 Å². The lowest BCUT2D eigenvalue weighted by molar-refractivity contribution is 0.111. The molecular weight excluding hydrogens is 158 g/mol. The van der Waals surface area contributed by atoms with Crippen molar-refractivity contribution < 1.29 is 9.94 Å². The van der Waals surface area contributed by atoms with E-state index in [4.69, 9.17) is 4.84 Å². The molecular formula is C7H9N3O2. The monoisotopic (exact) mass is 167 g/mol. The van der Waals surface area contributed by atoms with Crippen molar-refractivity contribution in [3.63, 3.8) is 0 Å². The standard InChI is InChI=1S/C7H9N3O2/c1-2-12-10-6-3-8-5-9(6)4-7(10)11/h3-5,11H,2H2,1H3. The van der Waals surface area contributed by atoms with Crippen LogP contribution in [0.15, 0.2) is 18.7 Å². The summed E-state index contributed by atoms with van der Waals surface area (Å²) < 4.78 is 3.03. The summed E-state index contributed by atoms with van der Waals surface area (Å²) in [4.78, 5) is 9.05. The first-order valence-electron chi connectivity index (χ1n) is 3.68. The lowest BCUT2D eigenvalue weighted by Gasteiger charge is -2.03. The molecule has 0 radical (unpaired) electrons. The van der Waals surface area contributed by atoms with Crippen molar-refractivity contribution in [1.82, 2.24) is 14.1 Å². The Morgan fingerprint density at radius 3 is 3.25 bits per heavy atom. The Labute approximate surface area is 68.8 Å². The largest absolute Gasteiger partial charge is 0.491 e. The SMILES string of the molecule is CCOn1c(O)cn2cncc12. The minimum atomic E-state index is 0.0780. The molecule has 0 amide bonds. The van der Waals surface area contributed by atoms with Gasteiger partial charge < -0.3 is 9.94 Å². The molecule has 2 aromatic heterocycles. The van der Waals surface area contributed by atoms with Gasteiger partial charge in [-0.15, -0.1) is 4.73 Å². The third-order valence-electron chi connectivity index (χ3n) is 1.57. The summed E-state index contributed by atoms with van der Waals surface area (Å²) in [5.41, 5.74) is 0.717. The lowest BCUT2D eigenvalue weighted by atomic mass is 10.8. The highest BCUT2D eigenvalue weighted by molar-refractivity contribution is 5.40. The van der Waals surface area contributed by atoms with Gasteiger partial charge >= 0.3 is 0 Å². The van der Waals surface area contributed by atoms with Gasteiger partial charge in [0.05, 0.1) is 12.4 Å². The second-order valence-corrected chi connectivity index (χ2v) is 2.36. The van der Waals surface area contributed by atoms with E-state index in [0.29, 0.717) is 12.3 Å². The maximum atomic E-state index is 9.34. The number of nitrogens with zero attached hydrogens (tertiary/aromatic N) is 3. The number of hydrogen-bond acceptors (Lipinski definition) is 3. The van der Waals surface area contributed by atoms with E-state index in [1.165, 1.54) is 10.9 Å². The van der Waals surface area contributed by atoms with E-state index < -0.39 is 0 Å². The molecule has 0 bridgehead atoms. The van der Waals surface area contributed by atoms with Gasteiger partial charge in [0.2, 0.25) is 5.88 Å². The van der Waals surface area contributed by atoms with Crippen molar-refractivity contribution in [3.05, 3.63) is 18.7 Å². The Bertz CT molecular complexity index is 390. The highest BCUT2D eigenvalue weighted by Gasteiger charge is 2.07. The zero-order chi connectivity index (χ0) is 8.55. The summed E-state index contributed by atoms with van der Waals surface area (Å²) in [6.45, 7) is 2.36. The fourth-order valence-corrected chi connectivity index (χ4v) is 1.11. The fourth-order valence-electron chi connectivity index (χ4n) is 1.11. The minimum absolute atomic E-state index is 0.0780. The van der Waals surface area contributed by atoms with Gasteiger partial charge in [0.15, 0.2) is 5.65 Å². The first kappa shape index (κ1) is 7.02. The Kier molecular flexibility index (Phi) is 1.43. The molecule has 0 unspecified atom stereocenters. The summed E-state index contributed by atoms with van der Waals surface area (Å²) in [7, 11) is 0. The number of imidazole rings is 2. The van der Waals surface area contributed by atoms with Crippen LogP contribution >= 0.6 is 0 Å². The normalized spacial score (nSPS) is 10.8. The van der Waals surface area contributed by atoms with Crippen LogP contribution in [0.4, 0.5) is 0 Å². The molecule has 0 aromatic carbocycles. The Hall–Kier alpha value is -1.65. The Morgan fingerprint density at radius 2 is 2.50 bits per heavy atom. The average Bonchev–Trinajstić information content (AvgIpc) is 2.56. The average molecular weight is 167 g/mol. The molecule has 1 N–H and O–H groups in total. The van der Waals surface area contributed by atoms with Crippen LogP contribution in [0.5, 0.6) is 5.88 Å². The summed E-state index contributed by atoms with van der Waals surface area (Å²) in [5.74, 6) is 0.0780. The predicted octanol–water partition coefficient (Wildman–Crippen LogP) is 0.290. The predicted molar refractivity (Wildman–Crippen MR) is 42.0 cm³/mol. The molecule has 0 aliphatic heterocycles. The van der Waals surface area contributed by atoms with E-state index in [1.807, 2.05) is 6.92 Å². The molecule has 2 rings (SSSR count). The highest BCUT2D eigenvalue weighted by atomic mass is 16.7. The molecule has 0 fully saturated rings. The Balaban J connectivity index is 2.59. The van der Waals surface area contributed by atoms with Crippen LogP contribution in [0.25, 0.3) is 5.65 Å². The smallest absolute Gasteiger partial charge is 0.244 e. The molecule has 0 atom stereocenters. The van der Waals surface area contributed by atoms with E-state index in [9.17, 15) is 5.11 Å². The number of aromatic hydroxyl groups is 1. The molecule has 2 heterocycles. The van der Waals surface area contributed by atoms with Gasteiger partial charge in [0.25, 0.3) is 0 Å². The second-order valence-electron chi connectivity index (χ2n) is 2.36. The van der Waals surface area contributed by atoms with Gasteiger partial charge in [-0.25, -0.2) is 4.98 Å². The molecule has 64 valence electrons. The van der Waals surface area contributed by atoms with Crippen LogP contribution in [0.2, 0.25) is 0 Å². The van der Waals surface area contributed by atoms with Crippen molar-refractivity contribution in [1.29, 1.82) is 0 Å². The van der Waals surface area contributed by atoms with Crippen LogP contribution in [0, 0.1) is 0 Å². The van der Waals surface area contributed by atoms with Crippen molar-refractivity contribution >= 4 is 5.65 Å². The fraction of sp³-hybridized carbons (Fsp3) is 0.286. The van der Waals surface area contributed by atoms with Crippen molar-refractivity contribution in [2.75, 3.05) is 6.61 Å². The molecule has 5 nitrogen and oxygen atoms in total. The topological polar surface area (TPSA) is 51.7 Å². The molecule has 12 heavy (non-hydrogen) atoms. The summed E-state index contributed by atoms with van der Waals surface area (Å²) in [6, 6.07) is 0. The molecule has 0 aliphatic rings. The molecule has 0 saturated heterocycles. The van der Waals surface area contributed by atoms with Gasteiger partial charge in [-0.05, 0) is 6.92 Å². The van der Waals surface area contributed by atoms with Crippen LogP contribution in [-0.2, 0) is 0 Å². The van der Waals surface area contributed by atoms with Crippen LogP contribution in [0.1, 0.15) is 6.92 Å². The Morgan fingerprint density at radius 1 is 1.67 bits per heavy atom. The van der Waals surface area contributed by atoms with Crippen molar-refractivity contribution in [2.45, 2.75) is 6.92 Å². The first-order chi connectivity index (χ1) is 5.83. The van der Waals surface area contributed by atoms with Crippen molar-refractivity contribution in [2.24, 2.45) is 0 Å². The van der Waals surface area contributed by atoms with Gasteiger partial charge in [-0.1, -0.05) is 0 Å². The molecule has 5 heteroatoms. The zero-order valence-corrected chi connectivity index (χ0v) is 6.64. The van der Waals surface area contributed by atoms with Crippen LogP contribution in [-0.4, -0.2) is 25.8 Å². The molecule has 2 aromatic rings. The molecule has 0 aliphatic carbocycles. The molecule has 0 saturated carbocycles. The van der Waals surface area contributed by atoms with Crippen molar-refractivity contribution in [3.8, 4) is 5.88 Å². The van der Waals surface area contributed by atoms with E-state index in [1.54, 1.807) is 16.9 Å². The quantitative estimate of drug-likeness (QED) is 0.699. The minimum Gasteiger partial charge on any atom is -0.491 e. The van der Waals surface area contributed by atoms with Gasteiger partial charge in [0.1, 0.15) is 12.9 Å². The third kappa shape index (κ3) is 0.827. The van der Waals surface area contributed by atoms with E-state index in [2.05, 4.69) is 4.98 Å². The number of rotatable bonds is 2. The second kappa shape index (κ2) is 2.44. The molecule has 0 spiro atoms. The van der Waals surface area contributed by atoms with Gasteiger partial charge in [0, 0.05) is 0 Å². The van der Waals surface area contributed by atoms with Crippen LogP contribution < -0.4 is 4.84 Å². The van der Waals surface area contributed by atoms with E-state index >= 15 is 0 Å². The number of fused-ring (bicyclic) bond motifs is 1. The van der Waals surface area contributed by atoms with E-state index in [-0.39, 0.29) is 5.88 Å². The van der Waals surface area contributed by atoms with Crippen LogP contribution in [0.3, 0.4) is 0 Å². The summed E-state index contributed by atoms with van der Waals surface area (Å²) in [6.07, 6.45) is 4.76. The maximum Gasteiger partial charge on any atom is 0.244 e. The van der Waals surface area contributed by atoms with E-state index in [0.717, 1.165) is 0 Å². The summed E-state index contributed by atoms with van der Waals surface area (Å²) in [5, 5.41) is 9.34. The third-order valence-corrected chi connectivity index (χ3v) is 1.57. The lowest BCUT2D eigenvalue weighted by Crippen LogP contribution is -2.09. The number of aromatic nitrogens is 3. The zero-order valence-electron chi connectivity index (χ0n) is 6.64.